The first kappa shape index (κ1) is 17.6. The van der Waals surface area contributed by atoms with Crippen molar-refractivity contribution in [1.82, 2.24) is 14.1 Å². The van der Waals surface area contributed by atoms with E-state index in [2.05, 4.69) is 5.10 Å². The van der Waals surface area contributed by atoms with Gasteiger partial charge in [-0.25, -0.2) is 13.2 Å². The van der Waals surface area contributed by atoms with E-state index in [1.54, 1.807) is 0 Å². The van der Waals surface area contributed by atoms with Gasteiger partial charge in [-0.3, -0.25) is 4.68 Å². The minimum absolute atomic E-state index is 0.280. The van der Waals surface area contributed by atoms with E-state index in [1.165, 1.54) is 15.2 Å². The Kier molecular flexibility index (Phi) is 4.66. The average molecular weight is 363 g/mol. The Labute approximate surface area is 146 Å². The molecule has 0 radical (unpaired) electrons. The molecule has 134 valence electrons. The van der Waals surface area contributed by atoms with Crippen LogP contribution in [-0.4, -0.2) is 46.7 Å². The molecule has 0 unspecified atom stereocenters. The Morgan fingerprint density at radius 1 is 1.24 bits per heavy atom. The van der Waals surface area contributed by atoms with Gasteiger partial charge in [-0.15, -0.1) is 0 Å². The lowest BCUT2D eigenvalue weighted by atomic mass is 10.1. The van der Waals surface area contributed by atoms with Gasteiger partial charge in [-0.2, -0.15) is 9.40 Å². The second-order valence-electron chi connectivity index (χ2n) is 6.39. The van der Waals surface area contributed by atoms with Crippen LogP contribution in [0.25, 0.3) is 0 Å². The molecular weight excluding hydrogens is 342 g/mol. The Hall–Kier alpha value is -2.19. The van der Waals surface area contributed by atoms with E-state index in [0.29, 0.717) is 19.6 Å². The maximum absolute atomic E-state index is 12.7. The maximum atomic E-state index is 12.7. The maximum Gasteiger partial charge on any atom is 0.340 e. The number of aromatic carboxylic acids is 1. The van der Waals surface area contributed by atoms with Gasteiger partial charge in [0.15, 0.2) is 0 Å². The molecule has 1 aromatic carbocycles. The lowest BCUT2D eigenvalue weighted by Gasteiger charge is -2.13. The molecular formula is C17H21N3O4S. The molecule has 0 aliphatic carbocycles. The van der Waals surface area contributed by atoms with Crippen molar-refractivity contribution in [2.45, 2.75) is 38.3 Å². The molecule has 1 saturated heterocycles. The van der Waals surface area contributed by atoms with Crippen molar-refractivity contribution in [2.24, 2.45) is 0 Å². The van der Waals surface area contributed by atoms with Gasteiger partial charge >= 0.3 is 5.97 Å². The molecule has 7 nitrogen and oxygen atoms in total. The summed E-state index contributed by atoms with van der Waals surface area (Å²) >= 11 is 0. The van der Waals surface area contributed by atoms with Crippen molar-refractivity contribution in [3.05, 3.63) is 46.6 Å². The highest BCUT2D eigenvalue weighted by Crippen LogP contribution is 2.23. The van der Waals surface area contributed by atoms with E-state index in [1.807, 2.05) is 32.0 Å². The Balaban J connectivity index is 2.00. The predicted molar refractivity (Wildman–Crippen MR) is 92.2 cm³/mol. The molecule has 0 bridgehead atoms. The fraction of sp³-hybridized carbons (Fsp3) is 0.412. The Morgan fingerprint density at radius 3 is 2.56 bits per heavy atom. The zero-order valence-electron chi connectivity index (χ0n) is 14.3. The van der Waals surface area contributed by atoms with Crippen LogP contribution in [0.4, 0.5) is 0 Å². The summed E-state index contributed by atoms with van der Waals surface area (Å²) in [6.45, 7) is 5.07. The SMILES string of the molecule is Cc1ccc(C)c(Cn2cc(C(=O)O)c(S(=O)(=O)N3CCCC3)n2)c1. The molecule has 0 atom stereocenters. The van der Waals surface area contributed by atoms with Crippen LogP contribution in [0.15, 0.2) is 29.4 Å². The molecule has 1 N–H and O–H groups in total. The highest BCUT2D eigenvalue weighted by Gasteiger charge is 2.34. The van der Waals surface area contributed by atoms with Crippen LogP contribution in [0, 0.1) is 13.8 Å². The fourth-order valence-electron chi connectivity index (χ4n) is 3.02. The molecule has 1 aromatic heterocycles. The van der Waals surface area contributed by atoms with E-state index in [4.69, 9.17) is 0 Å². The third kappa shape index (κ3) is 3.45. The molecule has 3 rings (SSSR count). The number of aryl methyl sites for hydroxylation is 2. The first-order chi connectivity index (χ1) is 11.8. The smallest absolute Gasteiger partial charge is 0.340 e. The van der Waals surface area contributed by atoms with Crippen molar-refractivity contribution in [2.75, 3.05) is 13.1 Å². The molecule has 1 aliphatic heterocycles. The number of carboxylic acids is 1. The summed E-state index contributed by atoms with van der Waals surface area (Å²) in [6, 6.07) is 5.97. The van der Waals surface area contributed by atoms with E-state index >= 15 is 0 Å². The normalized spacial score (nSPS) is 15.6. The van der Waals surface area contributed by atoms with Crippen LogP contribution in [0.1, 0.15) is 39.9 Å². The topological polar surface area (TPSA) is 92.5 Å². The van der Waals surface area contributed by atoms with Gasteiger partial charge in [0.05, 0.1) is 6.54 Å². The Bertz CT molecular complexity index is 912. The number of nitrogens with zero attached hydrogens (tertiary/aromatic N) is 3. The van der Waals surface area contributed by atoms with Crippen molar-refractivity contribution in [1.29, 1.82) is 0 Å². The average Bonchev–Trinajstić information content (AvgIpc) is 3.21. The first-order valence-electron chi connectivity index (χ1n) is 8.16. The van der Waals surface area contributed by atoms with Crippen LogP contribution in [0.2, 0.25) is 0 Å². The summed E-state index contributed by atoms with van der Waals surface area (Å²) in [6.07, 6.45) is 2.86. The number of sulfonamides is 1. The van der Waals surface area contributed by atoms with E-state index in [-0.39, 0.29) is 10.6 Å². The summed E-state index contributed by atoms with van der Waals surface area (Å²) in [5.41, 5.74) is 2.82. The van der Waals surface area contributed by atoms with Gasteiger partial charge in [0.2, 0.25) is 5.03 Å². The van der Waals surface area contributed by atoms with Gasteiger partial charge in [-0.05, 0) is 37.8 Å². The third-order valence-corrected chi connectivity index (χ3v) is 6.28. The van der Waals surface area contributed by atoms with Crippen molar-refractivity contribution in [3.63, 3.8) is 0 Å². The van der Waals surface area contributed by atoms with Crippen LogP contribution < -0.4 is 0 Å². The number of hydrogen-bond acceptors (Lipinski definition) is 4. The number of carbonyl (C=O) groups is 1. The molecule has 1 fully saturated rings. The van der Waals surface area contributed by atoms with Crippen LogP contribution >= 0.6 is 0 Å². The third-order valence-electron chi connectivity index (χ3n) is 4.44. The summed E-state index contributed by atoms with van der Waals surface area (Å²) in [5.74, 6) is -1.29. The molecule has 8 heteroatoms. The summed E-state index contributed by atoms with van der Waals surface area (Å²) in [4.78, 5) is 11.5. The molecule has 0 spiro atoms. The minimum atomic E-state index is -3.88. The number of rotatable bonds is 5. The van der Waals surface area contributed by atoms with Crippen LogP contribution in [0.5, 0.6) is 0 Å². The molecule has 2 heterocycles. The number of benzene rings is 1. The second-order valence-corrected chi connectivity index (χ2v) is 8.25. The van der Waals surface area contributed by atoms with Crippen LogP contribution in [0.3, 0.4) is 0 Å². The monoisotopic (exact) mass is 363 g/mol. The predicted octanol–water partition coefficient (Wildman–Crippen LogP) is 2.03. The minimum Gasteiger partial charge on any atom is -0.478 e. The van der Waals surface area contributed by atoms with Gasteiger partial charge in [0, 0.05) is 19.3 Å². The van der Waals surface area contributed by atoms with Crippen LogP contribution in [-0.2, 0) is 16.6 Å². The zero-order valence-corrected chi connectivity index (χ0v) is 15.1. The molecule has 25 heavy (non-hydrogen) atoms. The van der Waals surface area contributed by atoms with E-state index < -0.39 is 16.0 Å². The lowest BCUT2D eigenvalue weighted by Crippen LogP contribution is -2.29. The second kappa shape index (κ2) is 6.61. The highest BCUT2D eigenvalue weighted by molar-refractivity contribution is 7.89. The number of carboxylic acid groups (broad SMARTS) is 1. The fourth-order valence-corrected chi connectivity index (χ4v) is 4.63. The largest absolute Gasteiger partial charge is 0.478 e. The Morgan fingerprint density at radius 2 is 1.92 bits per heavy atom. The molecule has 1 aliphatic rings. The van der Waals surface area contributed by atoms with Gasteiger partial charge in [-0.1, -0.05) is 23.8 Å². The number of aromatic nitrogens is 2. The molecule has 2 aromatic rings. The quantitative estimate of drug-likeness (QED) is 0.877. The highest BCUT2D eigenvalue weighted by atomic mass is 32.2. The summed E-state index contributed by atoms with van der Waals surface area (Å²) in [7, 11) is -3.88. The van der Waals surface area contributed by atoms with Gasteiger partial charge in [0.25, 0.3) is 10.0 Å². The summed E-state index contributed by atoms with van der Waals surface area (Å²) < 4.78 is 28.2. The van der Waals surface area contributed by atoms with Gasteiger partial charge in [0.1, 0.15) is 5.56 Å². The molecule has 0 amide bonds. The van der Waals surface area contributed by atoms with Crippen molar-refractivity contribution in [3.8, 4) is 0 Å². The summed E-state index contributed by atoms with van der Waals surface area (Å²) in [5, 5.41) is 13.2. The zero-order chi connectivity index (χ0) is 18.2. The van der Waals surface area contributed by atoms with E-state index in [0.717, 1.165) is 29.5 Å². The first-order valence-corrected chi connectivity index (χ1v) is 9.60. The van der Waals surface area contributed by atoms with Crippen molar-refractivity contribution < 1.29 is 18.3 Å². The van der Waals surface area contributed by atoms with E-state index in [9.17, 15) is 18.3 Å². The number of hydrogen-bond donors (Lipinski definition) is 1. The van der Waals surface area contributed by atoms with Crippen molar-refractivity contribution >= 4 is 16.0 Å². The van der Waals surface area contributed by atoms with Gasteiger partial charge < -0.3 is 5.11 Å². The lowest BCUT2D eigenvalue weighted by molar-refractivity contribution is 0.0692. The standard InChI is InChI=1S/C17H21N3O4S/c1-12-5-6-13(2)14(9-12)10-19-11-15(17(21)22)16(18-19)25(23,24)20-7-3-4-8-20/h5-6,9,11H,3-4,7-8,10H2,1-2H3,(H,21,22). The molecule has 0 saturated carbocycles.